The highest BCUT2D eigenvalue weighted by molar-refractivity contribution is 5.84. The fraction of sp³-hybridized carbons (Fsp3) is 0.545. The first-order chi connectivity index (χ1) is 19.3. The number of aryl methyl sites for hydroxylation is 1. The van der Waals surface area contributed by atoms with Gasteiger partial charge in [0.2, 0.25) is 0 Å². The van der Waals surface area contributed by atoms with Crippen molar-refractivity contribution in [3.05, 3.63) is 58.4 Å². The first-order valence-corrected chi connectivity index (χ1v) is 14.9. The highest BCUT2D eigenvalue weighted by Crippen LogP contribution is 2.35. The lowest BCUT2D eigenvalue weighted by Gasteiger charge is -2.15. The zero-order valence-electron chi connectivity index (χ0n) is 23.9. The molecule has 3 rings (SSSR count). The molecule has 0 atom stereocenters. The van der Waals surface area contributed by atoms with E-state index in [2.05, 4.69) is 18.6 Å². The topological polar surface area (TPSA) is 48.7 Å². The van der Waals surface area contributed by atoms with Crippen LogP contribution in [0.15, 0.2) is 51.7 Å². The molecule has 220 valence electrons. The van der Waals surface area contributed by atoms with Crippen LogP contribution < -0.4 is 15.1 Å². The van der Waals surface area contributed by atoms with Gasteiger partial charge in [-0.3, -0.25) is 0 Å². The Kier molecular flexibility index (Phi) is 12.9. The van der Waals surface area contributed by atoms with Crippen LogP contribution in [-0.2, 0) is 6.42 Å². The second kappa shape index (κ2) is 16.3. The van der Waals surface area contributed by atoms with Crippen molar-refractivity contribution in [3.8, 4) is 22.6 Å². The lowest BCUT2D eigenvalue weighted by Crippen LogP contribution is -2.18. The van der Waals surface area contributed by atoms with Gasteiger partial charge in [0.25, 0.3) is 0 Å². The third kappa shape index (κ3) is 10.5. The quantitative estimate of drug-likeness (QED) is 0.115. The molecule has 4 nitrogen and oxygen atoms in total. The lowest BCUT2D eigenvalue weighted by molar-refractivity contribution is -0.274. The Balaban J connectivity index is 1.62. The van der Waals surface area contributed by atoms with Gasteiger partial charge in [0.1, 0.15) is 17.1 Å². The number of fused-ring (bicyclic) bond motifs is 1. The van der Waals surface area contributed by atoms with E-state index in [4.69, 9.17) is 9.15 Å². The van der Waals surface area contributed by atoms with Gasteiger partial charge >= 0.3 is 12.0 Å². The van der Waals surface area contributed by atoms with Crippen molar-refractivity contribution >= 4 is 11.0 Å². The van der Waals surface area contributed by atoms with Crippen LogP contribution in [0.2, 0.25) is 0 Å². The van der Waals surface area contributed by atoms with E-state index in [1.807, 2.05) is 0 Å². The molecule has 0 amide bonds. The molecule has 7 heteroatoms. The van der Waals surface area contributed by atoms with Crippen LogP contribution in [0.1, 0.15) is 103 Å². The highest BCUT2D eigenvalue weighted by Gasteiger charge is 2.33. The average molecular weight is 561 g/mol. The molecule has 0 aliphatic carbocycles. The van der Waals surface area contributed by atoms with Gasteiger partial charge in [-0.15, -0.1) is 13.2 Å². The number of hydrogen-bond acceptors (Lipinski definition) is 4. The van der Waals surface area contributed by atoms with E-state index in [-0.39, 0.29) is 11.1 Å². The summed E-state index contributed by atoms with van der Waals surface area (Å²) in [5.74, 6) is 0.196. The van der Waals surface area contributed by atoms with Crippen LogP contribution in [0.25, 0.3) is 22.1 Å². The molecule has 0 radical (unpaired) electrons. The third-order valence-electron chi connectivity index (χ3n) is 7.10. The first-order valence-electron chi connectivity index (χ1n) is 14.9. The highest BCUT2D eigenvalue weighted by atomic mass is 19.4. The summed E-state index contributed by atoms with van der Waals surface area (Å²) in [6.45, 7) is 4.87. The first kappa shape index (κ1) is 31.6. The van der Waals surface area contributed by atoms with Gasteiger partial charge in [-0.25, -0.2) is 4.79 Å². The lowest BCUT2D eigenvalue weighted by atomic mass is 10.00. The minimum atomic E-state index is -4.88. The van der Waals surface area contributed by atoms with Crippen molar-refractivity contribution in [3.63, 3.8) is 0 Å². The fourth-order valence-corrected chi connectivity index (χ4v) is 4.88. The summed E-state index contributed by atoms with van der Waals surface area (Å²) in [6, 6.07) is 11.3. The van der Waals surface area contributed by atoms with Gasteiger partial charge in [-0.05, 0) is 49.1 Å². The molecular formula is C33H43F3O4. The minimum Gasteiger partial charge on any atom is -0.493 e. The number of hydrogen-bond donors (Lipinski definition) is 0. The van der Waals surface area contributed by atoms with Crippen molar-refractivity contribution in [2.24, 2.45) is 0 Å². The fourth-order valence-electron chi connectivity index (χ4n) is 4.88. The molecule has 0 aliphatic heterocycles. The molecule has 0 unspecified atom stereocenters. The Labute approximate surface area is 235 Å². The van der Waals surface area contributed by atoms with Crippen LogP contribution in [0, 0.1) is 0 Å². The maximum atomic E-state index is 13.2. The Hall–Kier alpha value is -2.96. The molecular weight excluding hydrogens is 517 g/mol. The van der Waals surface area contributed by atoms with E-state index < -0.39 is 17.7 Å². The average Bonchev–Trinajstić information content (AvgIpc) is 2.91. The van der Waals surface area contributed by atoms with Crippen LogP contribution in [0.5, 0.6) is 11.5 Å². The molecule has 0 fully saturated rings. The van der Waals surface area contributed by atoms with Gasteiger partial charge in [0, 0.05) is 17.0 Å². The summed E-state index contributed by atoms with van der Waals surface area (Å²) in [4.78, 5) is 12.9. The molecule has 0 spiro atoms. The Morgan fingerprint density at radius 2 is 1.38 bits per heavy atom. The van der Waals surface area contributed by atoms with E-state index in [1.165, 1.54) is 63.5 Å². The largest absolute Gasteiger partial charge is 0.573 e. The van der Waals surface area contributed by atoms with E-state index in [9.17, 15) is 18.0 Å². The normalized spacial score (nSPS) is 11.7. The molecule has 1 heterocycles. The van der Waals surface area contributed by atoms with Crippen LogP contribution >= 0.6 is 0 Å². The standard InChI is InChI=1S/C33H43F3O4/c1-3-5-7-8-9-10-11-12-13-15-21-38-27-19-18-26-23-29(32(37)39-30(26)24-27)28-20-17-25(16-14-6-4-2)22-31(28)40-33(34,35)36/h17-20,22-24H,3-16,21H2,1-2H3. The molecule has 1 aromatic heterocycles. The summed E-state index contributed by atoms with van der Waals surface area (Å²) in [7, 11) is 0. The minimum absolute atomic E-state index is 0.0193. The van der Waals surface area contributed by atoms with Gasteiger partial charge in [-0.1, -0.05) is 96.6 Å². The predicted octanol–water partition coefficient (Wildman–Crippen LogP) is 10.4. The molecule has 40 heavy (non-hydrogen) atoms. The zero-order valence-corrected chi connectivity index (χ0v) is 23.9. The van der Waals surface area contributed by atoms with Crippen LogP contribution in [0.4, 0.5) is 13.2 Å². The van der Waals surface area contributed by atoms with Gasteiger partial charge in [0.05, 0.1) is 12.2 Å². The number of halogens is 3. The van der Waals surface area contributed by atoms with Crippen molar-refractivity contribution in [1.82, 2.24) is 0 Å². The number of benzene rings is 2. The predicted molar refractivity (Wildman–Crippen MR) is 155 cm³/mol. The second-order valence-corrected chi connectivity index (χ2v) is 10.5. The molecule has 3 aromatic rings. The van der Waals surface area contributed by atoms with Crippen molar-refractivity contribution in [2.75, 3.05) is 6.61 Å². The summed E-state index contributed by atoms with van der Waals surface area (Å²) >= 11 is 0. The summed E-state index contributed by atoms with van der Waals surface area (Å²) < 4.78 is 55.3. The van der Waals surface area contributed by atoms with Gasteiger partial charge < -0.3 is 13.9 Å². The monoisotopic (exact) mass is 560 g/mol. The Bertz CT molecular complexity index is 1230. The SMILES string of the molecule is CCCCCCCCCCCCOc1ccc2cc(-c3ccc(CCCCC)cc3OC(F)(F)F)c(=O)oc2c1. The molecule has 0 saturated heterocycles. The maximum absolute atomic E-state index is 13.2. The molecule has 2 aromatic carbocycles. The number of alkyl halides is 3. The summed E-state index contributed by atoms with van der Waals surface area (Å²) in [5, 5.41) is 0.589. The Morgan fingerprint density at radius 1 is 0.725 bits per heavy atom. The Morgan fingerprint density at radius 3 is 2.05 bits per heavy atom. The zero-order chi connectivity index (χ0) is 28.8. The molecule has 0 saturated carbocycles. The van der Waals surface area contributed by atoms with E-state index >= 15 is 0 Å². The van der Waals surface area contributed by atoms with Crippen LogP contribution in [0.3, 0.4) is 0 Å². The summed E-state index contributed by atoms with van der Waals surface area (Å²) in [6.07, 6.45) is 11.0. The number of ether oxygens (including phenoxy) is 2. The van der Waals surface area contributed by atoms with Crippen molar-refractivity contribution < 1.29 is 27.1 Å². The number of unbranched alkanes of at least 4 members (excludes halogenated alkanes) is 11. The van der Waals surface area contributed by atoms with E-state index in [1.54, 1.807) is 30.3 Å². The molecule has 0 aliphatic rings. The smallest absolute Gasteiger partial charge is 0.493 e. The van der Waals surface area contributed by atoms with Crippen molar-refractivity contribution in [2.45, 2.75) is 110 Å². The van der Waals surface area contributed by atoms with E-state index in [0.717, 1.165) is 37.7 Å². The van der Waals surface area contributed by atoms with Gasteiger partial charge in [-0.2, -0.15) is 0 Å². The maximum Gasteiger partial charge on any atom is 0.573 e. The second-order valence-electron chi connectivity index (χ2n) is 10.5. The summed E-state index contributed by atoms with van der Waals surface area (Å²) in [5.41, 5.74) is 0.388. The molecule has 0 N–H and O–H groups in total. The third-order valence-corrected chi connectivity index (χ3v) is 7.10. The van der Waals surface area contributed by atoms with Crippen LogP contribution in [-0.4, -0.2) is 13.0 Å². The van der Waals surface area contributed by atoms with Crippen molar-refractivity contribution in [1.29, 1.82) is 0 Å². The van der Waals surface area contributed by atoms with E-state index in [0.29, 0.717) is 29.7 Å². The number of rotatable bonds is 18. The molecule has 0 bridgehead atoms. The van der Waals surface area contributed by atoms with Gasteiger partial charge in [0.15, 0.2) is 0 Å².